The van der Waals surface area contributed by atoms with Crippen molar-refractivity contribution in [3.05, 3.63) is 59.8 Å². The van der Waals surface area contributed by atoms with Crippen molar-refractivity contribution < 1.29 is 12.3 Å². The molecule has 5 rings (SSSR count). The van der Waals surface area contributed by atoms with E-state index in [0.717, 1.165) is 10.8 Å². The van der Waals surface area contributed by atoms with E-state index in [2.05, 4.69) is 0 Å². The predicted octanol–water partition coefficient (Wildman–Crippen LogP) is 6.24. The number of pyridine rings is 1. The van der Waals surface area contributed by atoms with Gasteiger partial charge in [0.2, 0.25) is 0 Å². The predicted molar refractivity (Wildman–Crippen MR) is 110 cm³/mol. The van der Waals surface area contributed by atoms with E-state index >= 15 is 0 Å². The Bertz CT molecular complexity index is 1490. The fourth-order valence-corrected chi connectivity index (χ4v) is 4.32. The Balaban J connectivity index is 2.00. The van der Waals surface area contributed by atoms with Crippen LogP contribution in [-0.2, 0) is 10.8 Å². The maximum atomic E-state index is 8.50. The minimum atomic E-state index is -3.14. The second kappa shape index (κ2) is 4.49. The van der Waals surface area contributed by atoms with Crippen molar-refractivity contribution in [1.82, 2.24) is 9.38 Å². The fraction of sp³-hybridized carbons (Fsp3) is 0.375. The zero-order chi connectivity index (χ0) is 26.0. The monoisotopic (exact) mass is 351 g/mol. The molecule has 0 aliphatic heterocycles. The van der Waals surface area contributed by atoms with Crippen molar-refractivity contribution >= 4 is 27.5 Å². The van der Waals surface area contributed by atoms with E-state index in [4.69, 9.17) is 17.3 Å². The van der Waals surface area contributed by atoms with E-state index in [-0.39, 0.29) is 5.56 Å². The van der Waals surface area contributed by atoms with Crippen LogP contribution in [0.5, 0.6) is 0 Å². The Kier molecular flexibility index (Phi) is 1.56. The summed E-state index contributed by atoms with van der Waals surface area (Å²) in [7, 11) is 0. The van der Waals surface area contributed by atoms with Crippen LogP contribution in [0.1, 0.15) is 64.8 Å². The van der Waals surface area contributed by atoms with Crippen LogP contribution in [0.3, 0.4) is 0 Å². The van der Waals surface area contributed by atoms with Crippen molar-refractivity contribution in [1.29, 1.82) is 0 Å². The molecular weight excluding hydrogens is 316 g/mol. The first kappa shape index (κ1) is 9.03. The van der Waals surface area contributed by atoms with Gasteiger partial charge in [-0.25, -0.2) is 4.98 Å². The second-order valence-corrected chi connectivity index (χ2v) is 8.09. The van der Waals surface area contributed by atoms with Crippen LogP contribution >= 0.6 is 0 Å². The van der Waals surface area contributed by atoms with Crippen molar-refractivity contribution in [2.24, 2.45) is 5.41 Å². The summed E-state index contributed by atoms with van der Waals surface area (Å²) in [5, 5.41) is 1.88. The van der Waals surface area contributed by atoms with Crippen molar-refractivity contribution in [3.8, 4) is 0 Å². The van der Waals surface area contributed by atoms with Crippen LogP contribution in [0.25, 0.3) is 27.5 Å². The van der Waals surface area contributed by atoms with Gasteiger partial charge in [-0.05, 0) is 51.0 Å². The van der Waals surface area contributed by atoms with E-state index in [1.165, 1.54) is 13.0 Å². The largest absolute Gasteiger partial charge is 0.299 e. The zero-order valence-electron chi connectivity index (χ0n) is 24.0. The van der Waals surface area contributed by atoms with Gasteiger partial charge in [-0.2, -0.15) is 0 Å². The van der Waals surface area contributed by atoms with E-state index in [9.17, 15) is 0 Å². The molecule has 0 N–H and O–H groups in total. The molecule has 1 unspecified atom stereocenters. The Labute approximate surface area is 167 Å². The van der Waals surface area contributed by atoms with Crippen LogP contribution in [0.4, 0.5) is 0 Å². The minimum absolute atomic E-state index is 0.0151. The Morgan fingerprint density at radius 2 is 1.69 bits per heavy atom. The summed E-state index contributed by atoms with van der Waals surface area (Å²) in [5.74, 6) is 0. The van der Waals surface area contributed by atoms with Gasteiger partial charge in [0.15, 0.2) is 0 Å². The van der Waals surface area contributed by atoms with Crippen molar-refractivity contribution in [2.45, 2.75) is 52.2 Å². The summed E-state index contributed by atoms with van der Waals surface area (Å²) in [6.07, 6.45) is 1.87. The normalized spacial score (nSPS) is 30.3. The highest BCUT2D eigenvalue weighted by molar-refractivity contribution is 5.98. The van der Waals surface area contributed by atoms with Crippen molar-refractivity contribution in [2.75, 3.05) is 0 Å². The van der Waals surface area contributed by atoms with E-state index in [1.54, 1.807) is 19.9 Å². The second-order valence-electron chi connectivity index (χ2n) is 8.09. The van der Waals surface area contributed by atoms with Gasteiger partial charge in [-0.1, -0.05) is 65.6 Å². The molecule has 0 fully saturated rings. The molecule has 2 heteroatoms. The summed E-state index contributed by atoms with van der Waals surface area (Å²) < 4.78 is 78.2. The van der Waals surface area contributed by atoms with Gasteiger partial charge in [0.25, 0.3) is 0 Å². The first-order valence-corrected chi connectivity index (χ1v) is 8.76. The van der Waals surface area contributed by atoms with Gasteiger partial charge in [0.05, 0.1) is 11.0 Å². The van der Waals surface area contributed by atoms with Crippen LogP contribution in [0.15, 0.2) is 48.7 Å². The van der Waals surface area contributed by atoms with E-state index in [1.807, 2.05) is 40.9 Å². The molecule has 2 nitrogen and oxygen atoms in total. The van der Waals surface area contributed by atoms with Gasteiger partial charge in [-0.3, -0.25) is 4.40 Å². The van der Waals surface area contributed by atoms with E-state index < -0.39 is 36.8 Å². The molecular formula is C24H26N2. The molecule has 4 aromatic rings. The third-order valence-corrected chi connectivity index (χ3v) is 6.51. The molecule has 0 saturated carbocycles. The number of fused-ring (bicyclic) bond motifs is 6. The number of benzene rings is 2. The smallest absolute Gasteiger partial charge is 0.145 e. The summed E-state index contributed by atoms with van der Waals surface area (Å²) in [5.41, 5.74) is -3.91. The number of imidazole rings is 1. The van der Waals surface area contributed by atoms with Crippen molar-refractivity contribution in [3.63, 3.8) is 0 Å². The lowest BCUT2D eigenvalue weighted by atomic mass is 9.59. The molecule has 2 heterocycles. The molecule has 132 valence electrons. The fourth-order valence-electron chi connectivity index (χ4n) is 4.32. The van der Waals surface area contributed by atoms with Gasteiger partial charge >= 0.3 is 0 Å². The molecule has 2 aromatic heterocycles. The Morgan fingerprint density at radius 3 is 2.46 bits per heavy atom. The van der Waals surface area contributed by atoms with Crippen LogP contribution in [0.2, 0.25) is 0 Å². The summed E-state index contributed by atoms with van der Waals surface area (Å²) in [4.78, 5) is 4.76. The quantitative estimate of drug-likeness (QED) is 0.367. The lowest BCUT2D eigenvalue weighted by Crippen LogP contribution is -2.42. The topological polar surface area (TPSA) is 17.3 Å². The molecule has 0 radical (unpaired) electrons. The van der Waals surface area contributed by atoms with Gasteiger partial charge in [-0.15, -0.1) is 0 Å². The average Bonchev–Trinajstić information content (AvgIpc) is 3.15. The summed E-state index contributed by atoms with van der Waals surface area (Å²) in [6, 6.07) is 12.9. The van der Waals surface area contributed by atoms with E-state index in [0.29, 0.717) is 22.2 Å². The highest BCUT2D eigenvalue weighted by Crippen LogP contribution is 2.61. The molecule has 0 amide bonds. The summed E-state index contributed by atoms with van der Waals surface area (Å²) >= 11 is 0. The van der Waals surface area contributed by atoms with Crippen LogP contribution in [0, 0.1) is 5.41 Å². The van der Waals surface area contributed by atoms with Crippen LogP contribution in [-0.4, -0.2) is 9.38 Å². The molecule has 0 spiro atoms. The lowest BCUT2D eigenvalue weighted by molar-refractivity contribution is 0.125. The first-order chi connectivity index (χ1) is 15.9. The van der Waals surface area contributed by atoms with Gasteiger partial charge in [0, 0.05) is 23.9 Å². The SMILES string of the molecule is [2H]C([2H])([2H])C1(C)C(C)(C)c2cc3c(cc2C1(C([2H])([2H])[2H])C([2H])([2H])[2H])nc1c2ccccc2ccn31. The third-order valence-electron chi connectivity index (χ3n) is 6.51. The number of aromatic nitrogens is 2. The third kappa shape index (κ3) is 1.61. The maximum Gasteiger partial charge on any atom is 0.145 e. The highest BCUT2D eigenvalue weighted by atomic mass is 15.0. The number of nitrogens with zero attached hydrogens (tertiary/aromatic N) is 2. The summed E-state index contributed by atoms with van der Waals surface area (Å²) in [6.45, 7) is -4.58. The maximum absolute atomic E-state index is 8.50. The molecule has 1 atom stereocenters. The Morgan fingerprint density at radius 1 is 0.923 bits per heavy atom. The minimum Gasteiger partial charge on any atom is -0.299 e. The molecule has 1 aliphatic rings. The number of hydrogen-bond donors (Lipinski definition) is 0. The van der Waals surface area contributed by atoms with Gasteiger partial charge in [0.1, 0.15) is 5.65 Å². The highest BCUT2D eigenvalue weighted by Gasteiger charge is 2.56. The average molecular weight is 352 g/mol. The molecule has 0 bridgehead atoms. The first-order valence-electron chi connectivity index (χ1n) is 13.3. The molecule has 1 aliphatic carbocycles. The molecule has 0 saturated heterocycles. The number of hydrogen-bond acceptors (Lipinski definition) is 1. The lowest BCUT2D eigenvalue weighted by Gasteiger charge is -2.44. The molecule has 2 aromatic carbocycles. The molecule has 26 heavy (non-hydrogen) atoms. The zero-order valence-corrected chi connectivity index (χ0v) is 15.0. The van der Waals surface area contributed by atoms with Crippen LogP contribution < -0.4 is 0 Å². The Hall–Kier alpha value is -2.35. The van der Waals surface area contributed by atoms with Gasteiger partial charge < -0.3 is 0 Å². The number of rotatable bonds is 0. The standard InChI is InChI=1S/C24H26N2/c1-22(2)17-13-19-20(14-18(17)23(3,4)24(22,5)6)26-12-11-15-9-7-8-10-16(15)21(26)25-19/h7-14H,1-6H3/i1D3,2D3,5D3.